The molecule has 1 fully saturated rings. The molecule has 3 amide bonds. The molecule has 0 bridgehead atoms. The quantitative estimate of drug-likeness (QED) is 0.159. The Hall–Kier alpha value is -3.88. The average Bonchev–Trinajstić information content (AvgIpc) is 3.13. The van der Waals surface area contributed by atoms with Crippen LogP contribution >= 0.6 is 39.3 Å². The first-order chi connectivity index (χ1) is 18.8. The maximum absolute atomic E-state index is 13.0. The molecule has 1 aliphatic rings. The Morgan fingerprint density at radius 3 is 2.40 bits per heavy atom. The monoisotopic (exact) mass is 655 g/mol. The highest BCUT2D eigenvalue weighted by atomic mass is 79.9. The predicted molar refractivity (Wildman–Crippen MR) is 145 cm³/mol. The van der Waals surface area contributed by atoms with E-state index < -0.39 is 51.7 Å². The van der Waals surface area contributed by atoms with Crippen molar-refractivity contribution in [2.75, 3.05) is 11.9 Å². The fourth-order valence-corrected chi connectivity index (χ4v) is 4.84. The number of hydrogen-bond acceptors (Lipinski definition) is 7. The number of carbonyl (C=O) groups excluding carboxylic acids is 3. The van der Waals surface area contributed by atoms with E-state index in [2.05, 4.69) is 21.2 Å². The molecule has 3 aromatic rings. The smallest absolute Gasteiger partial charge is 0.416 e. The van der Waals surface area contributed by atoms with Crippen LogP contribution in [0, 0.1) is 10.1 Å². The number of ether oxygens (including phenoxy) is 1. The fraction of sp³-hybridized carbons (Fsp3) is 0.0800. The molecule has 0 aromatic heterocycles. The Kier molecular flexibility index (Phi) is 8.51. The molecule has 40 heavy (non-hydrogen) atoms. The van der Waals surface area contributed by atoms with Crippen LogP contribution in [0.2, 0.25) is 5.02 Å². The van der Waals surface area contributed by atoms with Gasteiger partial charge in [-0.2, -0.15) is 13.2 Å². The molecule has 0 saturated carbocycles. The van der Waals surface area contributed by atoms with Crippen molar-refractivity contribution in [3.05, 3.63) is 96.3 Å². The zero-order valence-electron chi connectivity index (χ0n) is 19.7. The summed E-state index contributed by atoms with van der Waals surface area (Å²) in [5.74, 6) is -1.64. The first-order valence-electron chi connectivity index (χ1n) is 11.0. The molecular weight excluding hydrogens is 643 g/mol. The first-order valence-corrected chi connectivity index (χ1v) is 12.9. The number of nitro groups is 1. The van der Waals surface area contributed by atoms with Gasteiger partial charge in [0.2, 0.25) is 11.7 Å². The molecule has 15 heteroatoms. The lowest BCUT2D eigenvalue weighted by molar-refractivity contribution is -0.385. The number of carbonyl (C=O) groups is 3. The van der Waals surface area contributed by atoms with Crippen LogP contribution in [-0.2, 0) is 15.8 Å². The van der Waals surface area contributed by atoms with Crippen LogP contribution in [0.1, 0.15) is 11.1 Å². The summed E-state index contributed by atoms with van der Waals surface area (Å²) in [6.07, 6.45) is -3.37. The second kappa shape index (κ2) is 11.7. The third-order valence-corrected chi connectivity index (χ3v) is 7.04. The van der Waals surface area contributed by atoms with Crippen LogP contribution in [0.5, 0.6) is 11.5 Å². The van der Waals surface area contributed by atoms with Crippen LogP contribution in [0.3, 0.4) is 0 Å². The number of nitro benzene ring substituents is 1. The molecule has 0 atom stereocenters. The van der Waals surface area contributed by atoms with E-state index in [9.17, 15) is 37.7 Å². The Morgan fingerprint density at radius 1 is 1.10 bits per heavy atom. The predicted octanol–water partition coefficient (Wildman–Crippen LogP) is 7.50. The number of anilines is 1. The van der Waals surface area contributed by atoms with Crippen LogP contribution in [0.4, 0.5) is 29.3 Å². The number of benzene rings is 3. The van der Waals surface area contributed by atoms with Gasteiger partial charge >= 0.3 is 11.9 Å². The highest BCUT2D eigenvalue weighted by Crippen LogP contribution is 2.40. The molecule has 0 unspecified atom stereocenters. The molecule has 0 aliphatic carbocycles. The second-order valence-electron chi connectivity index (χ2n) is 8.05. The van der Waals surface area contributed by atoms with Crippen molar-refractivity contribution < 1.29 is 37.2 Å². The van der Waals surface area contributed by atoms with Crippen molar-refractivity contribution in [1.29, 1.82) is 0 Å². The highest BCUT2D eigenvalue weighted by Gasteiger charge is 2.36. The van der Waals surface area contributed by atoms with Crippen molar-refractivity contribution in [1.82, 2.24) is 4.90 Å². The van der Waals surface area contributed by atoms with Crippen molar-refractivity contribution in [3.63, 3.8) is 0 Å². The van der Waals surface area contributed by atoms with Crippen LogP contribution in [0.15, 0.2) is 70.0 Å². The maximum atomic E-state index is 13.0. The molecule has 206 valence electrons. The minimum atomic E-state index is -4.77. The lowest BCUT2D eigenvalue weighted by Crippen LogP contribution is -2.36. The normalized spacial score (nSPS) is 14.5. The summed E-state index contributed by atoms with van der Waals surface area (Å²) in [6, 6.07) is 12.5. The number of rotatable bonds is 7. The molecule has 4 rings (SSSR count). The number of alkyl halides is 3. The van der Waals surface area contributed by atoms with E-state index in [4.69, 9.17) is 16.3 Å². The molecule has 0 spiro atoms. The molecule has 1 aliphatic heterocycles. The summed E-state index contributed by atoms with van der Waals surface area (Å²) < 4.78 is 44.6. The standard InChI is InChI=1S/C25H14BrClF3N3O6S/c26-17-9-13(1-7-19(17)39-20-8-2-14(25(28,29)30)11-18(20)33(37)38)10-21-23(35)32(24(36)40-21)12-22(34)31-16-5-3-15(27)4-6-16/h1-11H,12H2,(H,31,34)/b21-10+. The Labute approximate surface area is 241 Å². The minimum absolute atomic E-state index is 0.0447. The minimum Gasteiger partial charge on any atom is -0.449 e. The van der Waals surface area contributed by atoms with Crippen LogP contribution in [0.25, 0.3) is 6.08 Å². The van der Waals surface area contributed by atoms with Crippen LogP contribution < -0.4 is 10.1 Å². The van der Waals surface area contributed by atoms with E-state index in [0.717, 1.165) is 11.0 Å². The lowest BCUT2D eigenvalue weighted by atomic mass is 10.1. The number of thioether (sulfide) groups is 1. The topological polar surface area (TPSA) is 119 Å². The number of nitrogens with zero attached hydrogens (tertiary/aromatic N) is 2. The third kappa shape index (κ3) is 6.81. The van der Waals surface area contributed by atoms with E-state index in [1.165, 1.54) is 24.3 Å². The van der Waals surface area contributed by atoms with E-state index >= 15 is 0 Å². The molecule has 9 nitrogen and oxygen atoms in total. The van der Waals surface area contributed by atoms with Gasteiger partial charge in [-0.25, -0.2) is 0 Å². The van der Waals surface area contributed by atoms with Gasteiger partial charge in [0.15, 0.2) is 0 Å². The van der Waals surface area contributed by atoms with Gasteiger partial charge in [0.25, 0.3) is 11.1 Å². The van der Waals surface area contributed by atoms with Gasteiger partial charge in [-0.3, -0.25) is 29.4 Å². The largest absolute Gasteiger partial charge is 0.449 e. The molecule has 1 saturated heterocycles. The van der Waals surface area contributed by atoms with E-state index in [0.29, 0.717) is 40.2 Å². The number of halogens is 5. The van der Waals surface area contributed by atoms with Gasteiger partial charge < -0.3 is 10.1 Å². The zero-order valence-corrected chi connectivity index (χ0v) is 22.9. The Balaban J connectivity index is 1.47. The number of imide groups is 1. The highest BCUT2D eigenvalue weighted by molar-refractivity contribution is 9.10. The summed E-state index contributed by atoms with van der Waals surface area (Å²) in [5.41, 5.74) is -1.21. The van der Waals surface area contributed by atoms with Crippen molar-refractivity contribution in [2.45, 2.75) is 6.18 Å². The van der Waals surface area contributed by atoms with Crippen LogP contribution in [-0.4, -0.2) is 33.4 Å². The zero-order chi connectivity index (χ0) is 29.2. The summed E-state index contributed by atoms with van der Waals surface area (Å²) in [7, 11) is 0. The van der Waals surface area contributed by atoms with E-state index in [-0.39, 0.29) is 15.1 Å². The number of hydrogen-bond donors (Lipinski definition) is 1. The fourth-order valence-electron chi connectivity index (χ4n) is 3.40. The number of amides is 3. The van der Waals surface area contributed by atoms with E-state index in [1.807, 2.05) is 0 Å². The van der Waals surface area contributed by atoms with Gasteiger partial charge in [0.1, 0.15) is 12.3 Å². The molecule has 0 radical (unpaired) electrons. The van der Waals surface area contributed by atoms with Gasteiger partial charge in [-0.1, -0.05) is 17.7 Å². The average molecular weight is 657 g/mol. The summed E-state index contributed by atoms with van der Waals surface area (Å²) in [6.45, 7) is -0.507. The van der Waals surface area contributed by atoms with Crippen molar-refractivity contribution in [2.24, 2.45) is 0 Å². The molecule has 1 heterocycles. The summed E-state index contributed by atoms with van der Waals surface area (Å²) in [4.78, 5) is 48.7. The number of nitrogens with one attached hydrogen (secondary N) is 1. The molecular formula is C25H14BrClF3N3O6S. The second-order valence-corrected chi connectivity index (χ2v) is 10.3. The van der Waals surface area contributed by atoms with Gasteiger partial charge in [0.05, 0.1) is 19.9 Å². The third-order valence-electron chi connectivity index (χ3n) is 5.26. The van der Waals surface area contributed by atoms with Crippen molar-refractivity contribution in [3.8, 4) is 11.5 Å². The lowest BCUT2D eigenvalue weighted by Gasteiger charge is -2.12. The van der Waals surface area contributed by atoms with E-state index in [1.54, 1.807) is 24.3 Å². The molecule has 1 N–H and O–H groups in total. The van der Waals surface area contributed by atoms with Gasteiger partial charge in [-0.05, 0) is 87.9 Å². The summed E-state index contributed by atoms with van der Waals surface area (Å²) in [5, 5.41) is 13.7. The molecule has 3 aromatic carbocycles. The Bertz CT molecular complexity index is 1570. The van der Waals surface area contributed by atoms with Crippen molar-refractivity contribution >= 4 is 73.8 Å². The summed E-state index contributed by atoms with van der Waals surface area (Å²) >= 11 is 9.68. The maximum Gasteiger partial charge on any atom is 0.416 e. The van der Waals surface area contributed by atoms with Gasteiger partial charge in [-0.15, -0.1) is 0 Å². The SMILES string of the molecule is O=C(CN1C(=O)S/C(=C/c2ccc(Oc3ccc(C(F)(F)F)cc3[N+](=O)[O-])c(Br)c2)C1=O)Nc1ccc(Cl)cc1. The first kappa shape index (κ1) is 29.1. The Morgan fingerprint density at radius 2 is 1.77 bits per heavy atom. The van der Waals surface area contributed by atoms with Gasteiger partial charge in [0, 0.05) is 16.8 Å².